The van der Waals surface area contributed by atoms with E-state index in [4.69, 9.17) is 0 Å². The lowest BCUT2D eigenvalue weighted by Crippen LogP contribution is -2.39. The van der Waals surface area contributed by atoms with Crippen LogP contribution in [0.3, 0.4) is 0 Å². The van der Waals surface area contributed by atoms with E-state index >= 15 is 0 Å². The van der Waals surface area contributed by atoms with Gasteiger partial charge >= 0.3 is 0 Å². The van der Waals surface area contributed by atoms with Crippen LogP contribution >= 0.6 is 0 Å². The highest BCUT2D eigenvalue weighted by molar-refractivity contribution is 6.22. The first-order chi connectivity index (χ1) is 21.8. The van der Waals surface area contributed by atoms with Gasteiger partial charge in [-0.05, 0) is 91.8 Å². The number of hydrogen-bond donors (Lipinski definition) is 4. The van der Waals surface area contributed by atoms with Crippen LogP contribution in [0.4, 0.5) is 17.1 Å². The normalized spacial score (nSPS) is 20.8. The van der Waals surface area contributed by atoms with Gasteiger partial charge in [0.25, 0.3) is 0 Å². The van der Waals surface area contributed by atoms with E-state index in [1.165, 1.54) is 10.5 Å². The van der Waals surface area contributed by atoms with Crippen molar-refractivity contribution in [2.45, 2.75) is 64.9 Å². The van der Waals surface area contributed by atoms with Crippen molar-refractivity contribution in [3.63, 3.8) is 0 Å². The number of nitrogens with one attached hydrogen (secondary N) is 1. The third-order valence-corrected chi connectivity index (χ3v) is 9.05. The van der Waals surface area contributed by atoms with Gasteiger partial charge in [0.2, 0.25) is 11.8 Å². The Bertz CT molecular complexity index is 1530. The third-order valence-electron chi connectivity index (χ3n) is 9.05. The van der Waals surface area contributed by atoms with Crippen molar-refractivity contribution in [3.8, 4) is 5.75 Å². The van der Waals surface area contributed by atoms with Gasteiger partial charge in [0.05, 0.1) is 30.2 Å². The maximum absolute atomic E-state index is 14.0. The van der Waals surface area contributed by atoms with Gasteiger partial charge < -0.3 is 20.6 Å². The Morgan fingerprint density at radius 2 is 1.60 bits per heavy atom. The summed E-state index contributed by atoms with van der Waals surface area (Å²) >= 11 is 0. The van der Waals surface area contributed by atoms with Crippen molar-refractivity contribution >= 4 is 35.0 Å². The first-order valence-corrected chi connectivity index (χ1v) is 16.1. The number of carbonyl (C=O) groups excluding carboxylic acids is 2. The van der Waals surface area contributed by atoms with Crippen molar-refractivity contribution < 1.29 is 24.9 Å². The maximum atomic E-state index is 14.0. The van der Waals surface area contributed by atoms with Gasteiger partial charge in [-0.3, -0.25) is 14.5 Å². The van der Waals surface area contributed by atoms with Gasteiger partial charge in [-0.2, -0.15) is 0 Å². The number of anilines is 3. The summed E-state index contributed by atoms with van der Waals surface area (Å²) < 4.78 is 0. The Balaban J connectivity index is 1.36. The summed E-state index contributed by atoms with van der Waals surface area (Å²) in [6.45, 7) is 3.88. The molecule has 0 bridgehead atoms. The highest BCUT2D eigenvalue weighted by Crippen LogP contribution is 2.48. The van der Waals surface area contributed by atoms with E-state index in [9.17, 15) is 24.9 Å². The summed E-state index contributed by atoms with van der Waals surface area (Å²) in [6, 6.07) is 24.1. The summed E-state index contributed by atoms with van der Waals surface area (Å²) in [7, 11) is 0. The van der Waals surface area contributed by atoms with Crippen LogP contribution in [-0.4, -0.2) is 39.8 Å². The molecule has 2 amide bonds. The lowest BCUT2D eigenvalue weighted by Gasteiger charge is -2.36. The predicted molar refractivity (Wildman–Crippen MR) is 179 cm³/mol. The van der Waals surface area contributed by atoms with Gasteiger partial charge in [-0.1, -0.05) is 74.2 Å². The first kappa shape index (κ1) is 32.2. The van der Waals surface area contributed by atoms with E-state index < -0.39 is 23.9 Å². The van der Waals surface area contributed by atoms with Crippen molar-refractivity contribution in [2.75, 3.05) is 16.8 Å². The average Bonchev–Trinajstić information content (AvgIpc) is 3.30. The number of phenolic OH excluding ortho intramolecular Hbond substituents is 1. The number of fused-ring (bicyclic) bond motifs is 1. The van der Waals surface area contributed by atoms with Gasteiger partial charge in [0.1, 0.15) is 5.75 Å². The predicted octanol–water partition coefficient (Wildman–Crippen LogP) is 7.38. The molecule has 3 aromatic rings. The molecule has 5 rings (SSSR count). The maximum Gasteiger partial charge on any atom is 0.238 e. The summed E-state index contributed by atoms with van der Waals surface area (Å²) in [6.07, 6.45) is 6.20. The highest BCUT2D eigenvalue weighted by atomic mass is 16.3. The molecule has 1 aliphatic heterocycles. The fraction of sp³-hybridized carbons (Fsp3) is 0.368. The molecule has 1 fully saturated rings. The van der Waals surface area contributed by atoms with Crippen molar-refractivity contribution in [3.05, 3.63) is 101 Å². The number of nitrogens with zero attached hydrogens (tertiary/aromatic N) is 1. The largest absolute Gasteiger partial charge is 0.508 e. The van der Waals surface area contributed by atoms with Crippen LogP contribution in [0, 0.1) is 17.8 Å². The van der Waals surface area contributed by atoms with Crippen molar-refractivity contribution in [1.29, 1.82) is 0 Å². The van der Waals surface area contributed by atoms with Crippen LogP contribution < -0.4 is 10.2 Å². The Morgan fingerprint density at radius 3 is 2.24 bits per heavy atom. The number of benzene rings is 3. The first-order valence-electron chi connectivity index (χ1n) is 16.1. The summed E-state index contributed by atoms with van der Waals surface area (Å²) in [5.41, 5.74) is 6.21. The van der Waals surface area contributed by atoms with Crippen LogP contribution in [0.2, 0.25) is 0 Å². The molecule has 0 aromatic heterocycles. The molecule has 236 valence electrons. The molecule has 45 heavy (non-hydrogen) atoms. The van der Waals surface area contributed by atoms with E-state index in [1.807, 2.05) is 54.6 Å². The second-order valence-electron chi connectivity index (χ2n) is 12.2. The number of carbonyl (C=O) groups is 2. The van der Waals surface area contributed by atoms with Crippen LogP contribution in [0.15, 0.2) is 95.6 Å². The van der Waals surface area contributed by atoms with Gasteiger partial charge in [0, 0.05) is 17.3 Å². The standard InChI is InChI=1S/C38H44N2O5/c1-3-8-25(22-26-12-19-31(42)20-13-26)14-21-34(43)35-27(9-4-2)23-32-36(33(35)24-41)38(45)40(37(32)44)30-17-15-29(16-18-30)39-28-10-6-5-7-11-28/h5-7,10-13,15-20,22,32-34,36,39,41-43H,3-4,8-9,14,21,23-24H2,1-2H3/b25-22+/t32-,33+,34-,36-/m1/s1. The van der Waals surface area contributed by atoms with Gasteiger partial charge in [-0.25, -0.2) is 0 Å². The van der Waals surface area contributed by atoms with Crippen LogP contribution in [0.25, 0.3) is 6.08 Å². The number of rotatable bonds is 13. The molecular weight excluding hydrogens is 564 g/mol. The molecule has 0 saturated carbocycles. The smallest absolute Gasteiger partial charge is 0.238 e. The van der Waals surface area contributed by atoms with E-state index in [0.717, 1.165) is 47.3 Å². The Labute approximate surface area is 265 Å². The molecule has 0 unspecified atom stereocenters. The number of phenols is 1. The van der Waals surface area contributed by atoms with Crippen LogP contribution in [-0.2, 0) is 9.59 Å². The number of imide groups is 1. The summed E-state index contributed by atoms with van der Waals surface area (Å²) in [5.74, 6) is -2.21. The molecule has 2 aliphatic rings. The quantitative estimate of drug-likeness (QED) is 0.119. The molecule has 1 aliphatic carbocycles. The zero-order chi connectivity index (χ0) is 31.9. The van der Waals surface area contributed by atoms with E-state index in [0.29, 0.717) is 31.4 Å². The minimum absolute atomic E-state index is 0.219. The SMILES string of the molecule is CCCC1=C([C@H](O)CC/C(=C/c2ccc(O)cc2)CCC)[C@H](CO)[C@@H]2C(=O)N(c3ccc(Nc4ccccc4)cc3)C(=O)[C@@H]2C1. The average molecular weight is 609 g/mol. The lowest BCUT2D eigenvalue weighted by atomic mass is 9.67. The molecular formula is C38H44N2O5. The van der Waals surface area contributed by atoms with Crippen LogP contribution in [0.1, 0.15) is 64.4 Å². The van der Waals surface area contributed by atoms with E-state index in [2.05, 4.69) is 25.2 Å². The number of aliphatic hydroxyl groups is 2. The third kappa shape index (κ3) is 7.21. The Kier molecular flexibility index (Phi) is 10.5. The van der Waals surface area contributed by atoms with Gasteiger partial charge in [0.15, 0.2) is 0 Å². The number of amides is 2. The molecule has 4 N–H and O–H groups in total. The van der Waals surface area contributed by atoms with E-state index in [-0.39, 0.29) is 24.2 Å². The number of aromatic hydroxyl groups is 1. The summed E-state index contributed by atoms with van der Waals surface area (Å²) in [4.78, 5) is 29.0. The minimum Gasteiger partial charge on any atom is -0.508 e. The van der Waals surface area contributed by atoms with Gasteiger partial charge in [-0.15, -0.1) is 0 Å². The second kappa shape index (κ2) is 14.7. The number of allylic oxidation sites excluding steroid dienone is 2. The Morgan fingerprint density at radius 1 is 0.911 bits per heavy atom. The lowest BCUT2D eigenvalue weighted by molar-refractivity contribution is -0.123. The highest BCUT2D eigenvalue weighted by Gasteiger charge is 2.55. The van der Waals surface area contributed by atoms with Crippen molar-refractivity contribution in [1.82, 2.24) is 0 Å². The zero-order valence-corrected chi connectivity index (χ0v) is 26.2. The molecule has 3 aromatic carbocycles. The zero-order valence-electron chi connectivity index (χ0n) is 26.2. The molecule has 7 heteroatoms. The number of hydrogen-bond acceptors (Lipinski definition) is 6. The fourth-order valence-corrected chi connectivity index (χ4v) is 7.01. The van der Waals surface area contributed by atoms with Crippen LogP contribution in [0.5, 0.6) is 5.75 Å². The second-order valence-corrected chi connectivity index (χ2v) is 12.2. The summed E-state index contributed by atoms with van der Waals surface area (Å²) in [5, 5.41) is 35.3. The molecule has 1 heterocycles. The molecule has 4 atom stereocenters. The minimum atomic E-state index is -0.829. The topological polar surface area (TPSA) is 110 Å². The molecule has 7 nitrogen and oxygen atoms in total. The monoisotopic (exact) mass is 608 g/mol. The van der Waals surface area contributed by atoms with Crippen molar-refractivity contribution in [2.24, 2.45) is 17.8 Å². The fourth-order valence-electron chi connectivity index (χ4n) is 7.01. The Hall–Kier alpha value is -4.20. The molecule has 1 saturated heterocycles. The van der Waals surface area contributed by atoms with E-state index in [1.54, 1.807) is 24.3 Å². The molecule has 0 radical (unpaired) electrons. The number of aliphatic hydroxyl groups excluding tert-OH is 2. The molecule has 0 spiro atoms. The number of para-hydroxylation sites is 1.